The molecule has 0 radical (unpaired) electrons. The van der Waals surface area contributed by atoms with Gasteiger partial charge in [0.05, 0.1) is 0 Å². The second-order valence-electron chi connectivity index (χ2n) is 21.6. The minimum atomic E-state index is -0.801. The van der Waals surface area contributed by atoms with Gasteiger partial charge in [-0.1, -0.05) is 271 Å². The van der Waals surface area contributed by atoms with E-state index >= 15 is 0 Å². The van der Waals surface area contributed by atoms with Gasteiger partial charge in [0.2, 0.25) is 0 Å². The van der Waals surface area contributed by atoms with E-state index in [9.17, 15) is 14.4 Å². The monoisotopic (exact) mass is 1090 g/mol. The Hall–Kier alpha value is -4.19. The van der Waals surface area contributed by atoms with Crippen molar-refractivity contribution in [3.8, 4) is 0 Å². The fourth-order valence-corrected chi connectivity index (χ4v) is 8.98. The number of allylic oxidation sites excluding steroid dienone is 20. The van der Waals surface area contributed by atoms with Gasteiger partial charge < -0.3 is 14.2 Å². The summed E-state index contributed by atoms with van der Waals surface area (Å²) in [6.07, 6.45) is 92.0. The van der Waals surface area contributed by atoms with Gasteiger partial charge in [-0.25, -0.2) is 0 Å². The molecule has 6 nitrogen and oxygen atoms in total. The number of rotatable bonds is 59. The molecule has 0 aromatic rings. The van der Waals surface area contributed by atoms with Gasteiger partial charge in [0.1, 0.15) is 13.2 Å². The van der Waals surface area contributed by atoms with Crippen LogP contribution in [0.1, 0.15) is 303 Å². The summed E-state index contributed by atoms with van der Waals surface area (Å²) < 4.78 is 16.9. The Kier molecular flexibility index (Phi) is 62.8. The number of hydrogen-bond acceptors (Lipinski definition) is 6. The van der Waals surface area contributed by atoms with Crippen molar-refractivity contribution in [2.45, 2.75) is 309 Å². The number of carbonyl (C=O) groups is 3. The number of ether oxygens (including phenoxy) is 3. The van der Waals surface area contributed by atoms with Gasteiger partial charge in [0, 0.05) is 19.3 Å². The first-order chi connectivity index (χ1) is 39.0. The Bertz CT molecular complexity index is 1640. The Morgan fingerprint density at radius 3 is 0.810 bits per heavy atom. The lowest BCUT2D eigenvalue weighted by molar-refractivity contribution is -0.167. The topological polar surface area (TPSA) is 78.9 Å². The van der Waals surface area contributed by atoms with Gasteiger partial charge in [0.25, 0.3) is 0 Å². The molecule has 0 aliphatic heterocycles. The normalized spacial score (nSPS) is 12.9. The van der Waals surface area contributed by atoms with Crippen LogP contribution in [0, 0.1) is 0 Å². The predicted octanol–water partition coefficient (Wildman–Crippen LogP) is 22.8. The van der Waals surface area contributed by atoms with E-state index in [1.54, 1.807) is 0 Å². The van der Waals surface area contributed by atoms with Crippen LogP contribution in [-0.2, 0) is 28.6 Å². The maximum absolute atomic E-state index is 12.9. The van der Waals surface area contributed by atoms with E-state index < -0.39 is 6.10 Å². The van der Waals surface area contributed by atoms with E-state index in [1.165, 1.54) is 135 Å². The lowest BCUT2D eigenvalue weighted by Gasteiger charge is -2.18. The van der Waals surface area contributed by atoms with Crippen LogP contribution >= 0.6 is 0 Å². The first-order valence-corrected chi connectivity index (χ1v) is 33.0. The summed E-state index contributed by atoms with van der Waals surface area (Å²) in [4.78, 5) is 38.3. The van der Waals surface area contributed by atoms with Crippen molar-refractivity contribution in [1.82, 2.24) is 0 Å². The molecular weight excluding hydrogens is 973 g/mol. The first kappa shape index (κ1) is 74.8. The van der Waals surface area contributed by atoms with E-state index in [1.807, 2.05) is 0 Å². The molecule has 0 bridgehead atoms. The van der Waals surface area contributed by atoms with Gasteiger partial charge in [-0.2, -0.15) is 0 Å². The van der Waals surface area contributed by atoms with Crippen LogP contribution in [0.2, 0.25) is 0 Å². The number of carbonyl (C=O) groups excluding carboxylic acids is 3. The second kappa shape index (κ2) is 66.3. The van der Waals surface area contributed by atoms with Crippen LogP contribution in [0.25, 0.3) is 0 Å². The zero-order valence-electron chi connectivity index (χ0n) is 51.6. The summed E-state index contributed by atoms with van der Waals surface area (Å²) in [5.41, 5.74) is 0. The molecule has 0 aliphatic rings. The summed E-state index contributed by atoms with van der Waals surface area (Å²) in [5.74, 6) is -0.934. The fraction of sp³-hybridized carbons (Fsp3) is 0.685. The van der Waals surface area contributed by atoms with Crippen molar-refractivity contribution in [2.24, 2.45) is 0 Å². The summed E-state index contributed by atoms with van der Waals surface area (Å²) >= 11 is 0. The molecule has 0 heterocycles. The summed E-state index contributed by atoms with van der Waals surface area (Å²) in [7, 11) is 0. The molecule has 0 N–H and O–H groups in total. The van der Waals surface area contributed by atoms with Gasteiger partial charge in [-0.15, -0.1) is 0 Å². The standard InChI is InChI=1S/C73H122O6/c1-4-7-10-13-16-19-22-25-27-29-31-33-35-36-38-39-41-43-45-48-51-54-57-60-63-66-72(75)78-69-70(68-77-71(74)65-62-59-56-53-50-47-24-21-18-15-12-9-6-3)79-73(76)67-64-61-58-55-52-49-46-44-42-40-37-34-32-30-28-26-23-20-17-14-11-8-5-2/h7,10,16,19,21,23-27,30-33,36,38,41,43,48,51,70H,4-6,8-9,11-15,17-18,20,22,28-29,34-35,37,39-40,42,44-47,49-50,52-69H2,1-3H3/b10-7-,19-16-,24-21-,26-23-,27-25-,32-30-,33-31-,38-36-,43-41-,51-48-. The van der Waals surface area contributed by atoms with Crippen molar-refractivity contribution in [3.05, 3.63) is 122 Å². The molecule has 1 unspecified atom stereocenters. The summed E-state index contributed by atoms with van der Waals surface area (Å²) in [5, 5.41) is 0. The highest BCUT2D eigenvalue weighted by atomic mass is 16.6. The maximum Gasteiger partial charge on any atom is 0.306 e. The molecule has 0 aromatic carbocycles. The Labute approximate surface area is 488 Å². The van der Waals surface area contributed by atoms with Crippen molar-refractivity contribution in [3.63, 3.8) is 0 Å². The van der Waals surface area contributed by atoms with Gasteiger partial charge >= 0.3 is 17.9 Å². The second-order valence-corrected chi connectivity index (χ2v) is 21.6. The molecular formula is C73H122O6. The van der Waals surface area contributed by atoms with E-state index in [4.69, 9.17) is 14.2 Å². The molecule has 0 aromatic heterocycles. The lowest BCUT2D eigenvalue weighted by atomic mass is 10.0. The number of unbranched alkanes of at least 4 members (excludes halogenated alkanes) is 28. The zero-order valence-corrected chi connectivity index (χ0v) is 51.6. The third-order valence-electron chi connectivity index (χ3n) is 13.9. The van der Waals surface area contributed by atoms with Crippen molar-refractivity contribution in [2.75, 3.05) is 13.2 Å². The average molecular weight is 1100 g/mol. The predicted molar refractivity (Wildman–Crippen MR) is 343 cm³/mol. The van der Waals surface area contributed by atoms with Crippen LogP contribution in [0.4, 0.5) is 0 Å². The molecule has 0 aliphatic carbocycles. The number of esters is 3. The molecule has 0 fully saturated rings. The summed E-state index contributed by atoms with van der Waals surface area (Å²) in [6, 6.07) is 0. The van der Waals surface area contributed by atoms with Crippen molar-refractivity contribution in [1.29, 1.82) is 0 Å². The third kappa shape index (κ3) is 64.5. The molecule has 450 valence electrons. The zero-order chi connectivity index (χ0) is 57.1. The van der Waals surface area contributed by atoms with Gasteiger partial charge in [0.15, 0.2) is 6.10 Å². The van der Waals surface area contributed by atoms with Gasteiger partial charge in [-0.3, -0.25) is 14.4 Å². The molecule has 79 heavy (non-hydrogen) atoms. The SMILES string of the molecule is CC/C=C\C/C=C\C/C=C\C/C=C\C/C=C\C/C=C\C/C=C\CCCCCC(=O)OCC(COC(=O)CCCCCCC/C=C\CCCCCC)OC(=O)CCCCCCCCCCCCC/C=C\C/C=C\CCCCCCC. The van der Waals surface area contributed by atoms with Crippen LogP contribution in [0.3, 0.4) is 0 Å². The molecule has 6 heteroatoms. The van der Waals surface area contributed by atoms with Crippen LogP contribution in [0.15, 0.2) is 122 Å². The fourth-order valence-electron chi connectivity index (χ4n) is 8.98. The Balaban J connectivity index is 4.41. The molecule has 0 saturated carbocycles. The average Bonchev–Trinajstić information content (AvgIpc) is 3.45. The molecule has 0 spiro atoms. The van der Waals surface area contributed by atoms with E-state index in [0.717, 1.165) is 128 Å². The summed E-state index contributed by atoms with van der Waals surface area (Å²) in [6.45, 7) is 6.48. The van der Waals surface area contributed by atoms with Crippen LogP contribution in [0.5, 0.6) is 0 Å². The highest BCUT2D eigenvalue weighted by molar-refractivity contribution is 5.71. The molecule has 1 atom stereocenters. The highest BCUT2D eigenvalue weighted by Gasteiger charge is 2.19. The van der Waals surface area contributed by atoms with Crippen molar-refractivity contribution < 1.29 is 28.6 Å². The quantitative estimate of drug-likeness (QED) is 0.0261. The van der Waals surface area contributed by atoms with Crippen molar-refractivity contribution >= 4 is 17.9 Å². The van der Waals surface area contributed by atoms with Crippen LogP contribution in [-0.4, -0.2) is 37.2 Å². The molecule has 0 rings (SSSR count). The Morgan fingerprint density at radius 1 is 0.266 bits per heavy atom. The van der Waals surface area contributed by atoms with Crippen LogP contribution < -0.4 is 0 Å². The smallest absolute Gasteiger partial charge is 0.306 e. The van der Waals surface area contributed by atoms with E-state index in [-0.39, 0.29) is 31.1 Å². The van der Waals surface area contributed by atoms with E-state index in [0.29, 0.717) is 19.3 Å². The maximum atomic E-state index is 12.9. The molecule has 0 amide bonds. The first-order valence-electron chi connectivity index (χ1n) is 33.0. The largest absolute Gasteiger partial charge is 0.462 e. The van der Waals surface area contributed by atoms with Gasteiger partial charge in [-0.05, 0) is 135 Å². The molecule has 0 saturated heterocycles. The number of hydrogen-bond donors (Lipinski definition) is 0. The Morgan fingerprint density at radius 2 is 0.494 bits per heavy atom. The highest BCUT2D eigenvalue weighted by Crippen LogP contribution is 2.15. The van der Waals surface area contributed by atoms with E-state index in [2.05, 4.69) is 142 Å². The minimum Gasteiger partial charge on any atom is -0.462 e. The lowest BCUT2D eigenvalue weighted by Crippen LogP contribution is -2.30. The third-order valence-corrected chi connectivity index (χ3v) is 13.9. The minimum absolute atomic E-state index is 0.0954.